The summed E-state index contributed by atoms with van der Waals surface area (Å²) in [6.45, 7) is 6.85. The molecule has 1 aliphatic rings. The van der Waals surface area contributed by atoms with Crippen LogP contribution in [0.25, 0.3) is 0 Å². The number of carbonyl (C=O) groups excluding carboxylic acids is 1. The van der Waals surface area contributed by atoms with E-state index < -0.39 is 5.54 Å². The van der Waals surface area contributed by atoms with Crippen LogP contribution in [0.4, 0.5) is 0 Å². The van der Waals surface area contributed by atoms with Crippen molar-refractivity contribution in [2.45, 2.75) is 58.0 Å². The number of nitrogens with zero attached hydrogens (tertiary/aromatic N) is 2. The molecule has 0 aromatic carbocycles. The maximum Gasteiger partial charge on any atom is 0.235 e. The Hall–Kier alpha value is -1.80. The molecular formula is C18H27N3O2. The van der Waals surface area contributed by atoms with Crippen LogP contribution < -0.4 is 5.32 Å². The molecule has 1 N–H and O–H groups in total. The van der Waals surface area contributed by atoms with E-state index in [4.69, 9.17) is 4.42 Å². The standard InChI is InChI=1S/C18H27N3O2/c1-14(2)18(3,13-19)20-17(22)12-21-10-6-4-5-8-15(21)16-9-7-11-23-16/h7,9,11,14-15H,4-6,8,10,12H2,1-3H3,(H,20,22). The van der Waals surface area contributed by atoms with Gasteiger partial charge in [-0.2, -0.15) is 5.26 Å². The zero-order valence-corrected chi connectivity index (χ0v) is 14.3. The fourth-order valence-electron chi connectivity index (χ4n) is 2.98. The van der Waals surface area contributed by atoms with Crippen LogP contribution in [0.2, 0.25) is 0 Å². The highest BCUT2D eigenvalue weighted by atomic mass is 16.3. The third kappa shape index (κ3) is 4.35. The number of amides is 1. The minimum absolute atomic E-state index is 0.0569. The van der Waals surface area contributed by atoms with Gasteiger partial charge in [-0.25, -0.2) is 0 Å². The highest BCUT2D eigenvalue weighted by molar-refractivity contribution is 5.79. The van der Waals surface area contributed by atoms with Crippen LogP contribution in [0.3, 0.4) is 0 Å². The second-order valence-corrected chi connectivity index (χ2v) is 6.87. The minimum atomic E-state index is -0.830. The Labute approximate surface area is 138 Å². The number of nitriles is 1. The van der Waals surface area contributed by atoms with E-state index >= 15 is 0 Å². The Morgan fingerprint density at radius 3 is 2.91 bits per heavy atom. The van der Waals surface area contributed by atoms with Crippen LogP contribution in [-0.4, -0.2) is 29.4 Å². The summed E-state index contributed by atoms with van der Waals surface area (Å²) >= 11 is 0. The molecule has 2 rings (SSSR count). The van der Waals surface area contributed by atoms with Crippen molar-refractivity contribution in [2.75, 3.05) is 13.1 Å². The van der Waals surface area contributed by atoms with Gasteiger partial charge in [0, 0.05) is 0 Å². The van der Waals surface area contributed by atoms with E-state index in [1.807, 2.05) is 26.0 Å². The quantitative estimate of drug-likeness (QED) is 0.905. The van der Waals surface area contributed by atoms with Gasteiger partial charge < -0.3 is 9.73 Å². The Kier molecular flexibility index (Phi) is 5.84. The molecule has 1 saturated heterocycles. The van der Waals surface area contributed by atoms with Crippen molar-refractivity contribution in [2.24, 2.45) is 5.92 Å². The summed E-state index contributed by atoms with van der Waals surface area (Å²) in [5, 5.41) is 12.3. The molecule has 23 heavy (non-hydrogen) atoms. The van der Waals surface area contributed by atoms with Crippen LogP contribution in [0.5, 0.6) is 0 Å². The van der Waals surface area contributed by atoms with Crippen molar-refractivity contribution < 1.29 is 9.21 Å². The molecule has 126 valence electrons. The normalized spacial score (nSPS) is 22.1. The second kappa shape index (κ2) is 7.65. The molecule has 2 unspecified atom stereocenters. The average Bonchev–Trinajstić information content (AvgIpc) is 2.94. The zero-order chi connectivity index (χ0) is 16.9. The third-order valence-corrected chi connectivity index (χ3v) is 4.87. The fraction of sp³-hybridized carbons (Fsp3) is 0.667. The topological polar surface area (TPSA) is 69.3 Å². The molecule has 0 radical (unpaired) electrons. The maximum atomic E-state index is 12.5. The molecule has 2 atom stereocenters. The summed E-state index contributed by atoms with van der Waals surface area (Å²) in [6.07, 6.45) is 6.09. The van der Waals surface area contributed by atoms with Crippen LogP contribution in [0.15, 0.2) is 22.8 Å². The molecule has 0 bridgehead atoms. The largest absolute Gasteiger partial charge is 0.468 e. The van der Waals surface area contributed by atoms with Crippen molar-refractivity contribution in [3.63, 3.8) is 0 Å². The van der Waals surface area contributed by atoms with Crippen molar-refractivity contribution in [3.05, 3.63) is 24.2 Å². The smallest absolute Gasteiger partial charge is 0.235 e. The first-order valence-corrected chi connectivity index (χ1v) is 8.46. The Morgan fingerprint density at radius 2 is 2.30 bits per heavy atom. The zero-order valence-electron chi connectivity index (χ0n) is 14.3. The van der Waals surface area contributed by atoms with Gasteiger partial charge in [-0.15, -0.1) is 0 Å². The average molecular weight is 317 g/mol. The molecule has 0 aliphatic carbocycles. The predicted molar refractivity (Wildman–Crippen MR) is 88.5 cm³/mol. The monoisotopic (exact) mass is 317 g/mol. The number of hydrogen-bond donors (Lipinski definition) is 1. The molecule has 5 heteroatoms. The predicted octanol–water partition coefficient (Wildman–Crippen LogP) is 3.25. The Morgan fingerprint density at radius 1 is 1.52 bits per heavy atom. The van der Waals surface area contributed by atoms with E-state index in [1.165, 1.54) is 6.42 Å². The number of furan rings is 1. The number of likely N-dealkylation sites (tertiary alicyclic amines) is 1. The van der Waals surface area contributed by atoms with Crippen molar-refractivity contribution in [3.8, 4) is 6.07 Å². The molecule has 5 nitrogen and oxygen atoms in total. The lowest BCUT2D eigenvalue weighted by Gasteiger charge is -2.31. The number of nitrogens with one attached hydrogen (secondary N) is 1. The number of hydrogen-bond acceptors (Lipinski definition) is 4. The van der Waals surface area contributed by atoms with Crippen molar-refractivity contribution >= 4 is 5.91 Å². The van der Waals surface area contributed by atoms with E-state index in [2.05, 4.69) is 16.3 Å². The lowest BCUT2D eigenvalue weighted by Crippen LogP contribution is -2.52. The van der Waals surface area contributed by atoms with Crippen LogP contribution in [0.1, 0.15) is 58.3 Å². The summed E-state index contributed by atoms with van der Waals surface area (Å²) in [7, 11) is 0. The molecule has 2 heterocycles. The van der Waals surface area contributed by atoms with E-state index in [0.29, 0.717) is 6.54 Å². The highest BCUT2D eigenvalue weighted by Gasteiger charge is 2.32. The first kappa shape index (κ1) is 17.6. The Bertz CT molecular complexity index is 547. The van der Waals surface area contributed by atoms with Gasteiger partial charge in [-0.3, -0.25) is 9.69 Å². The first-order chi connectivity index (χ1) is 11.0. The van der Waals surface area contributed by atoms with Gasteiger partial charge in [-0.1, -0.05) is 26.7 Å². The molecule has 1 aliphatic heterocycles. The molecular weight excluding hydrogens is 290 g/mol. The molecule has 1 aromatic heterocycles. The third-order valence-electron chi connectivity index (χ3n) is 4.87. The highest BCUT2D eigenvalue weighted by Crippen LogP contribution is 2.30. The van der Waals surface area contributed by atoms with Gasteiger partial charge in [-0.05, 0) is 44.4 Å². The molecule has 0 saturated carbocycles. The van der Waals surface area contributed by atoms with Crippen LogP contribution in [-0.2, 0) is 4.79 Å². The second-order valence-electron chi connectivity index (χ2n) is 6.87. The summed E-state index contributed by atoms with van der Waals surface area (Å²) in [5.74, 6) is 0.884. The summed E-state index contributed by atoms with van der Waals surface area (Å²) < 4.78 is 5.57. The van der Waals surface area contributed by atoms with Gasteiger partial charge in [0.15, 0.2) is 0 Å². The SMILES string of the molecule is CC(C)C(C)(C#N)NC(=O)CN1CCCCCC1c1ccco1. The molecule has 1 aromatic rings. The number of rotatable bonds is 5. The minimum Gasteiger partial charge on any atom is -0.468 e. The van der Waals surface area contributed by atoms with Gasteiger partial charge in [0.2, 0.25) is 5.91 Å². The lowest BCUT2D eigenvalue weighted by atomic mass is 9.90. The van der Waals surface area contributed by atoms with Gasteiger partial charge in [0.25, 0.3) is 0 Å². The molecule has 1 fully saturated rings. The van der Waals surface area contributed by atoms with E-state index in [0.717, 1.165) is 31.6 Å². The van der Waals surface area contributed by atoms with E-state index in [-0.39, 0.29) is 17.9 Å². The summed E-state index contributed by atoms with van der Waals surface area (Å²) in [4.78, 5) is 14.7. The maximum absolute atomic E-state index is 12.5. The van der Waals surface area contributed by atoms with Gasteiger partial charge in [0.1, 0.15) is 11.3 Å². The van der Waals surface area contributed by atoms with Crippen molar-refractivity contribution in [1.82, 2.24) is 10.2 Å². The number of carbonyl (C=O) groups is 1. The van der Waals surface area contributed by atoms with Crippen LogP contribution in [0, 0.1) is 17.2 Å². The molecule has 0 spiro atoms. The first-order valence-electron chi connectivity index (χ1n) is 8.46. The molecule has 1 amide bonds. The van der Waals surface area contributed by atoms with E-state index in [9.17, 15) is 10.1 Å². The van der Waals surface area contributed by atoms with Crippen LogP contribution >= 0.6 is 0 Å². The lowest BCUT2D eigenvalue weighted by molar-refractivity contribution is -0.124. The summed E-state index contributed by atoms with van der Waals surface area (Å²) in [5.41, 5.74) is -0.830. The van der Waals surface area contributed by atoms with Crippen molar-refractivity contribution in [1.29, 1.82) is 5.26 Å². The fourth-order valence-corrected chi connectivity index (χ4v) is 2.98. The Balaban J connectivity index is 2.06. The van der Waals surface area contributed by atoms with Gasteiger partial charge in [0.05, 0.1) is 24.9 Å². The van der Waals surface area contributed by atoms with E-state index in [1.54, 1.807) is 13.2 Å². The van der Waals surface area contributed by atoms with Gasteiger partial charge >= 0.3 is 0 Å². The summed E-state index contributed by atoms with van der Waals surface area (Å²) in [6, 6.07) is 6.25.